The van der Waals surface area contributed by atoms with Crippen molar-refractivity contribution in [3.8, 4) is 0 Å². The van der Waals surface area contributed by atoms with Crippen molar-refractivity contribution >= 4 is 43.5 Å². The summed E-state index contributed by atoms with van der Waals surface area (Å²) in [6, 6.07) is 7.99. The van der Waals surface area contributed by atoms with Gasteiger partial charge in [0.1, 0.15) is 12.2 Å². The number of hydrogen-bond donors (Lipinski definition) is 0. The Morgan fingerprint density at radius 1 is 1.32 bits per heavy atom. The molecule has 0 bridgehead atoms. The average molecular weight is 408 g/mol. The first-order valence-electron chi connectivity index (χ1n) is 5.82. The molecular formula is C13H14Br2ClN3. The van der Waals surface area contributed by atoms with Gasteiger partial charge in [-0.3, -0.25) is 4.68 Å². The molecular weight excluding hydrogens is 393 g/mol. The average Bonchev–Trinajstić information content (AvgIpc) is 2.81. The molecule has 0 atom stereocenters. The third-order valence-electron chi connectivity index (χ3n) is 3.25. The smallest absolute Gasteiger partial charge is 0.138 e. The number of nitrogens with zero attached hydrogens (tertiary/aromatic N) is 3. The van der Waals surface area contributed by atoms with Crippen molar-refractivity contribution in [2.24, 2.45) is 7.05 Å². The maximum absolute atomic E-state index is 6.11. The van der Waals surface area contributed by atoms with E-state index in [9.17, 15) is 0 Å². The van der Waals surface area contributed by atoms with Crippen LogP contribution in [0.2, 0.25) is 5.02 Å². The largest absolute Gasteiger partial charge is 0.253 e. The molecule has 0 amide bonds. The fraction of sp³-hybridized carbons (Fsp3) is 0.385. The molecule has 0 aliphatic carbocycles. The van der Waals surface area contributed by atoms with E-state index in [1.54, 1.807) is 6.33 Å². The highest BCUT2D eigenvalue weighted by Gasteiger charge is 2.32. The summed E-state index contributed by atoms with van der Waals surface area (Å²) in [5.41, 5.74) is 1.10. The van der Waals surface area contributed by atoms with E-state index < -0.39 is 0 Å². The summed E-state index contributed by atoms with van der Waals surface area (Å²) in [7, 11) is 1.91. The van der Waals surface area contributed by atoms with Crippen molar-refractivity contribution in [1.29, 1.82) is 0 Å². The van der Waals surface area contributed by atoms with Crippen LogP contribution in [0.5, 0.6) is 0 Å². The first-order chi connectivity index (χ1) is 9.11. The highest BCUT2D eigenvalue weighted by molar-refractivity contribution is 9.09. The van der Waals surface area contributed by atoms with Gasteiger partial charge in [-0.15, -0.1) is 0 Å². The van der Waals surface area contributed by atoms with Gasteiger partial charge in [0, 0.05) is 34.6 Å². The summed E-state index contributed by atoms with van der Waals surface area (Å²) < 4.78 is 1.81. The van der Waals surface area contributed by atoms with Gasteiger partial charge in [-0.1, -0.05) is 55.6 Å². The lowest BCUT2D eigenvalue weighted by atomic mass is 9.81. The Kier molecular flexibility index (Phi) is 5.03. The van der Waals surface area contributed by atoms with Crippen LogP contribution in [-0.4, -0.2) is 25.4 Å². The van der Waals surface area contributed by atoms with E-state index in [1.807, 2.05) is 29.9 Å². The summed E-state index contributed by atoms with van der Waals surface area (Å²) in [5.74, 6) is 0.957. The first kappa shape index (κ1) is 15.0. The molecule has 1 aromatic carbocycles. The number of hydrogen-bond acceptors (Lipinski definition) is 2. The molecule has 0 N–H and O–H groups in total. The Morgan fingerprint density at radius 2 is 2.05 bits per heavy atom. The number of halogens is 3. The van der Waals surface area contributed by atoms with E-state index in [-0.39, 0.29) is 5.41 Å². The lowest BCUT2D eigenvalue weighted by molar-refractivity contribution is 0.515. The van der Waals surface area contributed by atoms with Gasteiger partial charge in [0.15, 0.2) is 0 Å². The SMILES string of the molecule is Cn1ncnc1CC(CBr)(CBr)c1cccc(Cl)c1. The Labute approximate surface area is 134 Å². The zero-order valence-corrected chi connectivity index (χ0v) is 14.4. The van der Waals surface area contributed by atoms with E-state index in [4.69, 9.17) is 11.6 Å². The van der Waals surface area contributed by atoms with Crippen LogP contribution in [0.15, 0.2) is 30.6 Å². The molecule has 0 spiro atoms. The second kappa shape index (κ2) is 6.37. The first-order valence-corrected chi connectivity index (χ1v) is 8.44. The van der Waals surface area contributed by atoms with Gasteiger partial charge >= 0.3 is 0 Å². The molecule has 0 unspecified atom stereocenters. The van der Waals surface area contributed by atoms with Crippen LogP contribution in [0.3, 0.4) is 0 Å². The van der Waals surface area contributed by atoms with Gasteiger partial charge in [0.2, 0.25) is 0 Å². The van der Waals surface area contributed by atoms with Crippen LogP contribution >= 0.6 is 43.5 Å². The van der Waals surface area contributed by atoms with Gasteiger partial charge in [-0.2, -0.15) is 5.10 Å². The van der Waals surface area contributed by atoms with Crippen molar-refractivity contribution in [3.05, 3.63) is 47.0 Å². The molecule has 0 aliphatic rings. The lowest BCUT2D eigenvalue weighted by Gasteiger charge is -2.30. The van der Waals surface area contributed by atoms with Gasteiger partial charge in [-0.25, -0.2) is 4.98 Å². The third-order valence-corrected chi connectivity index (χ3v) is 5.63. The maximum Gasteiger partial charge on any atom is 0.138 e. The summed E-state index contributed by atoms with van der Waals surface area (Å²) in [4.78, 5) is 4.32. The molecule has 19 heavy (non-hydrogen) atoms. The van der Waals surface area contributed by atoms with Crippen LogP contribution in [0, 0.1) is 0 Å². The number of alkyl halides is 2. The molecule has 1 heterocycles. The normalized spacial score (nSPS) is 11.8. The fourth-order valence-corrected chi connectivity index (χ4v) is 4.15. The second-order valence-corrected chi connectivity index (χ2v) is 6.09. The van der Waals surface area contributed by atoms with Crippen molar-refractivity contribution in [1.82, 2.24) is 14.8 Å². The predicted octanol–water partition coefficient (Wildman–Crippen LogP) is 3.74. The van der Waals surface area contributed by atoms with Gasteiger partial charge < -0.3 is 0 Å². The van der Waals surface area contributed by atoms with E-state index in [1.165, 1.54) is 5.56 Å². The van der Waals surface area contributed by atoms with Crippen LogP contribution in [-0.2, 0) is 18.9 Å². The Morgan fingerprint density at radius 3 is 2.58 bits per heavy atom. The molecule has 2 rings (SSSR count). The number of benzene rings is 1. The predicted molar refractivity (Wildman–Crippen MR) is 85.4 cm³/mol. The summed E-state index contributed by atoms with van der Waals surface area (Å²) in [5, 5.41) is 6.52. The number of aryl methyl sites for hydroxylation is 1. The van der Waals surface area contributed by atoms with E-state index in [2.05, 4.69) is 48.0 Å². The third kappa shape index (κ3) is 3.20. The summed E-state index contributed by atoms with van der Waals surface area (Å²) >= 11 is 13.4. The van der Waals surface area contributed by atoms with Crippen molar-refractivity contribution < 1.29 is 0 Å². The monoisotopic (exact) mass is 405 g/mol. The number of aromatic nitrogens is 3. The molecule has 102 valence electrons. The van der Waals surface area contributed by atoms with Crippen LogP contribution < -0.4 is 0 Å². The van der Waals surface area contributed by atoms with Gasteiger partial charge in [0.25, 0.3) is 0 Å². The van der Waals surface area contributed by atoms with Gasteiger partial charge in [0.05, 0.1) is 0 Å². The molecule has 3 nitrogen and oxygen atoms in total. The topological polar surface area (TPSA) is 30.7 Å². The minimum atomic E-state index is -0.0916. The molecule has 6 heteroatoms. The maximum atomic E-state index is 6.11. The number of rotatable bonds is 5. The molecule has 1 aromatic heterocycles. The van der Waals surface area contributed by atoms with Crippen LogP contribution in [0.25, 0.3) is 0 Å². The quantitative estimate of drug-likeness (QED) is 0.707. The van der Waals surface area contributed by atoms with Crippen LogP contribution in [0.4, 0.5) is 0 Å². The highest BCUT2D eigenvalue weighted by atomic mass is 79.9. The van der Waals surface area contributed by atoms with E-state index in [0.29, 0.717) is 0 Å². The molecule has 0 saturated carbocycles. The Balaban J connectivity index is 2.40. The summed E-state index contributed by atoms with van der Waals surface area (Å²) in [6.45, 7) is 0. The highest BCUT2D eigenvalue weighted by Crippen LogP contribution is 2.33. The lowest BCUT2D eigenvalue weighted by Crippen LogP contribution is -2.34. The molecule has 0 aliphatic heterocycles. The summed E-state index contributed by atoms with van der Waals surface area (Å²) in [6.07, 6.45) is 2.38. The van der Waals surface area contributed by atoms with E-state index in [0.717, 1.165) is 27.9 Å². The van der Waals surface area contributed by atoms with E-state index >= 15 is 0 Å². The fourth-order valence-electron chi connectivity index (χ4n) is 1.99. The Hall–Kier alpha value is -0.390. The minimum absolute atomic E-state index is 0.0916. The van der Waals surface area contributed by atoms with Crippen molar-refractivity contribution in [2.75, 3.05) is 10.7 Å². The zero-order chi connectivity index (χ0) is 13.9. The van der Waals surface area contributed by atoms with Crippen molar-refractivity contribution in [3.63, 3.8) is 0 Å². The molecule has 0 saturated heterocycles. The standard InChI is InChI=1S/C13H14Br2ClN3/c1-19-12(17-9-18-19)6-13(7-14,8-15)10-3-2-4-11(16)5-10/h2-5,9H,6-8H2,1H3. The second-order valence-electron chi connectivity index (χ2n) is 4.53. The Bertz CT molecular complexity index is 552. The zero-order valence-electron chi connectivity index (χ0n) is 10.5. The molecule has 0 radical (unpaired) electrons. The molecule has 2 aromatic rings. The molecule has 0 fully saturated rings. The van der Waals surface area contributed by atoms with Crippen molar-refractivity contribution in [2.45, 2.75) is 11.8 Å². The van der Waals surface area contributed by atoms with Gasteiger partial charge in [-0.05, 0) is 17.7 Å². The minimum Gasteiger partial charge on any atom is -0.253 e. The van der Waals surface area contributed by atoms with Crippen LogP contribution in [0.1, 0.15) is 11.4 Å².